The maximum atomic E-state index is 9.84. The van der Waals surface area contributed by atoms with Crippen molar-refractivity contribution >= 4 is 7.60 Å². The predicted molar refractivity (Wildman–Crippen MR) is 28.0 cm³/mol. The number of hydrogen-bond donors (Lipinski definition) is 2. The van der Waals surface area contributed by atoms with Crippen LogP contribution in [0.5, 0.6) is 0 Å². The molecule has 0 fully saturated rings. The van der Waals surface area contributed by atoms with Crippen LogP contribution in [0, 0.1) is 0 Å². The third kappa shape index (κ3) is 10.00. The Morgan fingerprint density at radius 2 is 2.00 bits per heavy atom. The van der Waals surface area contributed by atoms with Crippen molar-refractivity contribution in [3.8, 4) is 0 Å². The minimum atomic E-state index is -3.85. The first-order chi connectivity index (χ1) is 3.06. The normalized spacial score (nSPS) is 11.4. The molecule has 0 aromatic rings. The van der Waals surface area contributed by atoms with E-state index in [9.17, 15) is 4.57 Å². The van der Waals surface area contributed by atoms with Crippen LogP contribution < -0.4 is 29.6 Å². The summed E-state index contributed by atoms with van der Waals surface area (Å²) in [6.07, 6.45) is 1.32. The van der Waals surface area contributed by atoms with E-state index in [1.54, 1.807) is 6.92 Å². The molecule has 0 atom stereocenters. The smallest absolute Gasteiger partial charge is 1.00 e. The quantitative estimate of drug-likeness (QED) is 0.326. The molecule has 5 heteroatoms. The van der Waals surface area contributed by atoms with Crippen molar-refractivity contribution in [2.24, 2.45) is 0 Å². The molecule has 0 unspecified atom stereocenters. The largest absolute Gasteiger partial charge is 1.00 e. The van der Waals surface area contributed by atoms with Gasteiger partial charge in [-0.15, -0.1) is 0 Å². The third-order valence-corrected chi connectivity index (χ3v) is 1.03. The van der Waals surface area contributed by atoms with E-state index < -0.39 is 7.60 Å². The molecule has 0 amide bonds. The van der Waals surface area contributed by atoms with Gasteiger partial charge in [-0.3, -0.25) is 4.57 Å². The molecular formula is C3H8NaO3P. The molecule has 0 heterocycles. The van der Waals surface area contributed by atoms with Crippen LogP contribution in [0.15, 0.2) is 11.9 Å². The van der Waals surface area contributed by atoms with Gasteiger partial charge in [0.2, 0.25) is 0 Å². The minimum Gasteiger partial charge on any atom is -1.00 e. The van der Waals surface area contributed by atoms with Gasteiger partial charge in [-0.2, -0.15) is 0 Å². The van der Waals surface area contributed by atoms with E-state index >= 15 is 0 Å². The van der Waals surface area contributed by atoms with Crippen molar-refractivity contribution in [1.82, 2.24) is 0 Å². The van der Waals surface area contributed by atoms with Gasteiger partial charge < -0.3 is 11.2 Å². The summed E-state index contributed by atoms with van der Waals surface area (Å²) >= 11 is 0. The maximum Gasteiger partial charge on any atom is 1.00 e. The van der Waals surface area contributed by atoms with Crippen LogP contribution in [0.2, 0.25) is 0 Å². The molecule has 0 spiro atoms. The topological polar surface area (TPSA) is 57.5 Å². The van der Waals surface area contributed by atoms with Gasteiger partial charge in [0.15, 0.2) is 0 Å². The zero-order chi connectivity index (χ0) is 5.91. The molecule has 0 aliphatic carbocycles. The molecule has 0 rings (SSSR count). The van der Waals surface area contributed by atoms with Crippen molar-refractivity contribution < 1.29 is 45.3 Å². The average Bonchev–Trinajstić information content (AvgIpc) is 1.30. The monoisotopic (exact) mass is 146 g/mol. The molecule has 0 aromatic carbocycles. The van der Waals surface area contributed by atoms with E-state index in [0.717, 1.165) is 5.82 Å². The summed E-state index contributed by atoms with van der Waals surface area (Å²) in [5.74, 6) is 0.854. The molecule has 0 aliphatic heterocycles. The van der Waals surface area contributed by atoms with Gasteiger partial charge in [0, 0.05) is 5.82 Å². The first-order valence-corrected chi connectivity index (χ1v) is 3.43. The van der Waals surface area contributed by atoms with Gasteiger partial charge in [0.05, 0.1) is 0 Å². The molecule has 0 saturated heterocycles. The van der Waals surface area contributed by atoms with E-state index in [1.807, 2.05) is 0 Å². The van der Waals surface area contributed by atoms with Gasteiger partial charge in [-0.25, -0.2) is 0 Å². The third-order valence-electron chi connectivity index (χ3n) is 0.343. The van der Waals surface area contributed by atoms with E-state index in [0.29, 0.717) is 0 Å². The summed E-state index contributed by atoms with van der Waals surface area (Å²) in [4.78, 5) is 16.1. The van der Waals surface area contributed by atoms with Gasteiger partial charge in [0.1, 0.15) is 0 Å². The summed E-state index contributed by atoms with van der Waals surface area (Å²) in [5.41, 5.74) is 0. The number of hydrogen-bond acceptors (Lipinski definition) is 1. The van der Waals surface area contributed by atoms with Crippen LogP contribution in [0.4, 0.5) is 0 Å². The Morgan fingerprint density at radius 3 is 2.00 bits per heavy atom. The van der Waals surface area contributed by atoms with Crippen LogP contribution in [-0.4, -0.2) is 9.79 Å². The van der Waals surface area contributed by atoms with Crippen LogP contribution in [0.3, 0.4) is 0 Å². The van der Waals surface area contributed by atoms with Crippen molar-refractivity contribution in [2.75, 3.05) is 0 Å². The summed E-state index contributed by atoms with van der Waals surface area (Å²) in [7, 11) is -3.85. The number of allylic oxidation sites excluding steroid dienone is 1. The molecule has 44 valence electrons. The fourth-order valence-corrected chi connectivity index (χ4v) is 0.583. The van der Waals surface area contributed by atoms with Gasteiger partial charge in [0.25, 0.3) is 0 Å². The standard InChI is InChI=1S/C3H7O3P.Na.H/c1-2-3-7(4,5)6;;/h2-3H,1H3,(H2,4,5,6);;/q;+1;-1. The van der Waals surface area contributed by atoms with Crippen molar-refractivity contribution in [1.29, 1.82) is 0 Å². The van der Waals surface area contributed by atoms with Crippen LogP contribution in [-0.2, 0) is 4.57 Å². The van der Waals surface area contributed by atoms with Gasteiger partial charge >= 0.3 is 37.2 Å². The van der Waals surface area contributed by atoms with Crippen LogP contribution >= 0.6 is 7.60 Å². The van der Waals surface area contributed by atoms with E-state index in [1.165, 1.54) is 6.08 Å². The van der Waals surface area contributed by atoms with Crippen molar-refractivity contribution in [3.63, 3.8) is 0 Å². The molecule has 8 heavy (non-hydrogen) atoms. The maximum absolute atomic E-state index is 9.84. The second-order valence-corrected chi connectivity index (χ2v) is 2.55. The summed E-state index contributed by atoms with van der Waals surface area (Å²) in [5, 5.41) is 0. The Morgan fingerprint density at radius 1 is 1.62 bits per heavy atom. The molecule has 0 radical (unpaired) electrons. The molecule has 0 saturated carbocycles. The summed E-state index contributed by atoms with van der Waals surface area (Å²) < 4.78 is 9.84. The van der Waals surface area contributed by atoms with Crippen LogP contribution in [0.1, 0.15) is 8.35 Å². The van der Waals surface area contributed by atoms with E-state index in [2.05, 4.69) is 0 Å². The average molecular weight is 146 g/mol. The van der Waals surface area contributed by atoms with Gasteiger partial charge in [-0.1, -0.05) is 6.08 Å². The zero-order valence-corrected chi connectivity index (χ0v) is 7.80. The first kappa shape index (κ1) is 11.7. The summed E-state index contributed by atoms with van der Waals surface area (Å²) in [6, 6.07) is 0. The Kier molecular flexibility index (Phi) is 6.91. The SMILES string of the molecule is CC=CP(=O)(O)O.[H-].[Na+]. The zero-order valence-electron chi connectivity index (χ0n) is 5.90. The second-order valence-electron chi connectivity index (χ2n) is 1.07. The van der Waals surface area contributed by atoms with Crippen molar-refractivity contribution in [3.05, 3.63) is 11.9 Å². The molecule has 0 aromatic heterocycles. The van der Waals surface area contributed by atoms with Gasteiger partial charge in [-0.05, 0) is 6.92 Å². The van der Waals surface area contributed by atoms with E-state index in [4.69, 9.17) is 9.79 Å². The second kappa shape index (κ2) is 4.74. The Bertz CT molecular complexity index is 120. The Balaban J connectivity index is -0.000000180. The molecule has 2 N–H and O–H groups in total. The predicted octanol–water partition coefficient (Wildman–Crippen LogP) is -2.19. The number of rotatable bonds is 1. The molecular weight excluding hydrogens is 138 g/mol. The molecule has 0 aliphatic rings. The minimum absolute atomic E-state index is 0. The fraction of sp³-hybridized carbons (Fsp3) is 0.333. The Labute approximate surface area is 71.7 Å². The van der Waals surface area contributed by atoms with E-state index in [-0.39, 0.29) is 31.0 Å². The van der Waals surface area contributed by atoms with Crippen molar-refractivity contribution in [2.45, 2.75) is 6.92 Å². The molecule has 3 nitrogen and oxygen atoms in total. The Hall–Kier alpha value is 0.890. The molecule has 0 bridgehead atoms. The fourth-order valence-electron chi connectivity index (χ4n) is 0.194. The first-order valence-electron chi connectivity index (χ1n) is 1.75. The summed E-state index contributed by atoms with van der Waals surface area (Å²) in [6.45, 7) is 1.55. The van der Waals surface area contributed by atoms with Crippen LogP contribution in [0.25, 0.3) is 0 Å².